The first kappa shape index (κ1) is 17.0. The molecule has 0 aliphatic carbocycles. The van der Waals surface area contributed by atoms with Crippen LogP contribution in [0.2, 0.25) is 5.02 Å². The van der Waals surface area contributed by atoms with Crippen LogP contribution in [0.3, 0.4) is 0 Å². The van der Waals surface area contributed by atoms with E-state index < -0.39 is 5.97 Å². The molecule has 1 fully saturated rings. The lowest BCUT2D eigenvalue weighted by Crippen LogP contribution is -2.44. The minimum Gasteiger partial charge on any atom is -0.465 e. The minimum absolute atomic E-state index is 0.316. The maximum absolute atomic E-state index is 11.6. The van der Waals surface area contributed by atoms with Crippen molar-refractivity contribution in [2.45, 2.75) is 18.9 Å². The number of carbonyl (C=O) groups is 1. The summed E-state index contributed by atoms with van der Waals surface area (Å²) in [7, 11) is 3.44. The number of hydrogen-bond donors (Lipinski definition) is 2. The molecule has 5 nitrogen and oxygen atoms in total. The standard InChI is InChI=1S/C15H20ClN3O2S/c1-19-7-5-10(6-8-19)17-15(22)18-11-3-4-13(16)12(9-11)14(20)21-2/h3-4,9-10H,5-8H2,1-2H3,(H2,17,18,22). The van der Waals surface area contributed by atoms with Gasteiger partial charge < -0.3 is 20.3 Å². The number of rotatable bonds is 3. The van der Waals surface area contributed by atoms with Gasteiger partial charge in [-0.1, -0.05) is 11.6 Å². The van der Waals surface area contributed by atoms with Gasteiger partial charge in [0.15, 0.2) is 5.11 Å². The van der Waals surface area contributed by atoms with E-state index in [1.807, 2.05) is 0 Å². The van der Waals surface area contributed by atoms with Crippen LogP contribution in [0.5, 0.6) is 0 Å². The fourth-order valence-corrected chi connectivity index (χ4v) is 2.85. The van der Waals surface area contributed by atoms with Crippen molar-refractivity contribution in [1.29, 1.82) is 0 Å². The van der Waals surface area contributed by atoms with E-state index in [4.69, 9.17) is 28.6 Å². The molecule has 0 radical (unpaired) electrons. The number of nitrogens with one attached hydrogen (secondary N) is 2. The van der Waals surface area contributed by atoms with Crippen LogP contribution >= 0.6 is 23.8 Å². The molecule has 1 aromatic carbocycles. The minimum atomic E-state index is -0.470. The van der Waals surface area contributed by atoms with Crippen molar-refractivity contribution in [3.63, 3.8) is 0 Å². The van der Waals surface area contributed by atoms with E-state index in [0.717, 1.165) is 25.9 Å². The number of carbonyl (C=O) groups excluding carboxylic acids is 1. The monoisotopic (exact) mass is 341 g/mol. The van der Waals surface area contributed by atoms with Crippen LogP contribution in [-0.2, 0) is 4.74 Å². The van der Waals surface area contributed by atoms with E-state index >= 15 is 0 Å². The smallest absolute Gasteiger partial charge is 0.339 e. The highest BCUT2D eigenvalue weighted by molar-refractivity contribution is 7.80. The highest BCUT2D eigenvalue weighted by atomic mass is 35.5. The molecule has 1 saturated heterocycles. The number of esters is 1. The van der Waals surface area contributed by atoms with Crippen LogP contribution < -0.4 is 10.6 Å². The van der Waals surface area contributed by atoms with Gasteiger partial charge in [0.2, 0.25) is 0 Å². The Kier molecular flexibility index (Phi) is 5.99. The lowest BCUT2D eigenvalue weighted by Gasteiger charge is -2.30. The summed E-state index contributed by atoms with van der Waals surface area (Å²) in [4.78, 5) is 13.9. The van der Waals surface area contributed by atoms with Crippen molar-refractivity contribution in [3.8, 4) is 0 Å². The number of hydrogen-bond acceptors (Lipinski definition) is 4. The number of halogens is 1. The second-order valence-electron chi connectivity index (χ2n) is 5.36. The third kappa shape index (κ3) is 4.56. The first-order valence-electron chi connectivity index (χ1n) is 7.13. The van der Waals surface area contributed by atoms with Crippen LogP contribution in [0, 0.1) is 0 Å². The Balaban J connectivity index is 1.95. The van der Waals surface area contributed by atoms with Gasteiger partial charge in [-0.2, -0.15) is 0 Å². The average Bonchev–Trinajstić information content (AvgIpc) is 2.50. The first-order valence-corrected chi connectivity index (χ1v) is 7.92. The largest absolute Gasteiger partial charge is 0.465 e. The van der Waals surface area contributed by atoms with Crippen molar-refractivity contribution in [3.05, 3.63) is 28.8 Å². The van der Waals surface area contributed by atoms with Crippen LogP contribution in [0.1, 0.15) is 23.2 Å². The van der Waals surface area contributed by atoms with Gasteiger partial charge >= 0.3 is 5.97 Å². The van der Waals surface area contributed by atoms with E-state index in [9.17, 15) is 4.79 Å². The number of nitrogens with zero attached hydrogens (tertiary/aromatic N) is 1. The molecule has 0 aromatic heterocycles. The summed E-state index contributed by atoms with van der Waals surface area (Å²) in [5.74, 6) is -0.470. The van der Waals surface area contributed by atoms with Crippen molar-refractivity contribution >= 4 is 40.6 Å². The zero-order chi connectivity index (χ0) is 16.1. The first-order chi connectivity index (χ1) is 10.5. The Morgan fingerprint density at radius 1 is 1.41 bits per heavy atom. The van der Waals surface area contributed by atoms with Crippen molar-refractivity contribution < 1.29 is 9.53 Å². The summed E-state index contributed by atoms with van der Waals surface area (Å²) in [6, 6.07) is 5.44. The van der Waals surface area contributed by atoms with E-state index in [1.54, 1.807) is 18.2 Å². The molecule has 0 atom stereocenters. The third-order valence-corrected chi connectivity index (χ3v) is 4.23. The maximum Gasteiger partial charge on any atom is 0.339 e. The molecule has 2 N–H and O–H groups in total. The summed E-state index contributed by atoms with van der Waals surface area (Å²) in [5.41, 5.74) is 1.02. The highest BCUT2D eigenvalue weighted by Crippen LogP contribution is 2.21. The Morgan fingerprint density at radius 3 is 2.73 bits per heavy atom. The fourth-order valence-electron chi connectivity index (χ4n) is 2.37. The average molecular weight is 342 g/mol. The molecular weight excluding hydrogens is 322 g/mol. The van der Waals surface area contributed by atoms with Gasteiger partial charge in [-0.05, 0) is 63.4 Å². The molecule has 120 valence electrons. The Labute approximate surface area is 141 Å². The predicted molar refractivity (Wildman–Crippen MR) is 92.7 cm³/mol. The molecule has 22 heavy (non-hydrogen) atoms. The molecule has 1 heterocycles. The predicted octanol–water partition coefficient (Wildman–Crippen LogP) is 2.51. The number of thiocarbonyl (C=S) groups is 1. The quantitative estimate of drug-likeness (QED) is 0.651. The molecular formula is C15H20ClN3O2S. The maximum atomic E-state index is 11.6. The molecule has 0 bridgehead atoms. The molecule has 0 saturated carbocycles. The summed E-state index contributed by atoms with van der Waals surface area (Å²) in [6.07, 6.45) is 2.12. The van der Waals surface area contributed by atoms with Gasteiger partial charge in [-0.25, -0.2) is 4.79 Å². The molecule has 7 heteroatoms. The summed E-state index contributed by atoms with van der Waals surface area (Å²) in [6.45, 7) is 2.13. The Bertz CT molecular complexity index is 560. The fraction of sp³-hybridized carbons (Fsp3) is 0.467. The number of methoxy groups -OCH3 is 1. The highest BCUT2D eigenvalue weighted by Gasteiger charge is 2.17. The van der Waals surface area contributed by atoms with Crippen LogP contribution in [0.15, 0.2) is 18.2 Å². The second kappa shape index (κ2) is 7.76. The summed E-state index contributed by atoms with van der Waals surface area (Å²) < 4.78 is 4.70. The third-order valence-electron chi connectivity index (χ3n) is 3.68. The van der Waals surface area contributed by atoms with Gasteiger partial charge in [-0.3, -0.25) is 0 Å². The van der Waals surface area contributed by atoms with Crippen LogP contribution in [-0.4, -0.2) is 49.3 Å². The lowest BCUT2D eigenvalue weighted by atomic mass is 10.1. The number of likely N-dealkylation sites (tertiary alicyclic amines) is 1. The van der Waals surface area contributed by atoms with Gasteiger partial charge in [0, 0.05) is 11.7 Å². The lowest BCUT2D eigenvalue weighted by molar-refractivity contribution is 0.0601. The summed E-state index contributed by atoms with van der Waals surface area (Å²) >= 11 is 11.3. The van der Waals surface area contributed by atoms with E-state index in [0.29, 0.717) is 27.4 Å². The molecule has 0 amide bonds. The van der Waals surface area contributed by atoms with Gasteiger partial charge in [0.1, 0.15) is 0 Å². The Hall–Kier alpha value is -1.37. The summed E-state index contributed by atoms with van der Waals surface area (Å²) in [5, 5.41) is 7.30. The van der Waals surface area contributed by atoms with E-state index in [2.05, 4.69) is 22.6 Å². The van der Waals surface area contributed by atoms with Gasteiger partial charge in [0.05, 0.1) is 17.7 Å². The molecule has 0 unspecified atom stereocenters. The van der Waals surface area contributed by atoms with Crippen LogP contribution in [0.25, 0.3) is 0 Å². The molecule has 2 rings (SSSR count). The molecule has 1 aliphatic heterocycles. The zero-order valence-corrected chi connectivity index (χ0v) is 14.3. The topological polar surface area (TPSA) is 53.6 Å². The number of benzene rings is 1. The van der Waals surface area contributed by atoms with Crippen LogP contribution in [0.4, 0.5) is 5.69 Å². The zero-order valence-electron chi connectivity index (χ0n) is 12.7. The van der Waals surface area contributed by atoms with Crippen molar-refractivity contribution in [2.24, 2.45) is 0 Å². The van der Waals surface area contributed by atoms with Gasteiger partial charge in [0.25, 0.3) is 0 Å². The van der Waals surface area contributed by atoms with E-state index in [1.165, 1.54) is 7.11 Å². The van der Waals surface area contributed by atoms with E-state index in [-0.39, 0.29) is 0 Å². The second-order valence-corrected chi connectivity index (χ2v) is 6.18. The number of ether oxygens (including phenoxy) is 1. The normalized spacial score (nSPS) is 16.1. The van der Waals surface area contributed by atoms with Gasteiger partial charge in [-0.15, -0.1) is 0 Å². The number of piperidine rings is 1. The SMILES string of the molecule is COC(=O)c1cc(NC(=S)NC2CCN(C)CC2)ccc1Cl. The van der Waals surface area contributed by atoms with Crippen molar-refractivity contribution in [2.75, 3.05) is 32.6 Å². The Morgan fingerprint density at radius 2 is 2.09 bits per heavy atom. The van der Waals surface area contributed by atoms with Crippen molar-refractivity contribution in [1.82, 2.24) is 10.2 Å². The number of anilines is 1. The molecule has 1 aliphatic rings. The molecule has 1 aromatic rings. The molecule has 0 spiro atoms.